The van der Waals surface area contributed by atoms with Gasteiger partial charge in [-0.1, -0.05) is 44.1 Å². The first kappa shape index (κ1) is 13.8. The highest BCUT2D eigenvalue weighted by molar-refractivity contribution is 5.50. The summed E-state index contributed by atoms with van der Waals surface area (Å²) in [6.45, 7) is 2.12. The molecule has 0 fully saturated rings. The fourth-order valence-electron chi connectivity index (χ4n) is 1.55. The third kappa shape index (κ3) is 5.07. The molecule has 1 aromatic rings. The maximum Gasteiger partial charge on any atom is 0.416 e. The van der Waals surface area contributed by atoms with E-state index in [9.17, 15) is 13.2 Å². The summed E-state index contributed by atoms with van der Waals surface area (Å²) in [5.41, 5.74) is 0.0181. The van der Waals surface area contributed by atoms with Crippen molar-refractivity contribution in [1.29, 1.82) is 0 Å². The average Bonchev–Trinajstić information content (AvgIpc) is 2.28. The molecule has 0 amide bonds. The molecule has 0 N–H and O–H groups in total. The summed E-state index contributed by atoms with van der Waals surface area (Å²) in [5, 5.41) is 0. The van der Waals surface area contributed by atoms with Crippen molar-refractivity contribution in [1.82, 2.24) is 0 Å². The van der Waals surface area contributed by atoms with E-state index in [1.807, 2.05) is 6.08 Å². The Balaban J connectivity index is 2.60. The average molecular weight is 242 g/mol. The number of hydrogen-bond acceptors (Lipinski definition) is 0. The van der Waals surface area contributed by atoms with E-state index in [2.05, 4.69) is 6.92 Å². The second-order valence-corrected chi connectivity index (χ2v) is 4.02. The van der Waals surface area contributed by atoms with Crippen molar-refractivity contribution in [2.24, 2.45) is 0 Å². The van der Waals surface area contributed by atoms with Crippen molar-refractivity contribution in [3.63, 3.8) is 0 Å². The minimum absolute atomic E-state index is 0.590. The highest BCUT2D eigenvalue weighted by Crippen LogP contribution is 2.29. The Morgan fingerprint density at radius 1 is 1.18 bits per heavy atom. The Kier molecular flexibility index (Phi) is 5.26. The first-order chi connectivity index (χ1) is 8.04. The van der Waals surface area contributed by atoms with E-state index in [4.69, 9.17) is 0 Å². The zero-order chi connectivity index (χ0) is 12.7. The highest BCUT2D eigenvalue weighted by Gasteiger charge is 2.30. The molecule has 0 aliphatic heterocycles. The van der Waals surface area contributed by atoms with Crippen LogP contribution in [0.1, 0.15) is 43.7 Å². The molecule has 0 spiro atoms. The number of halogens is 3. The summed E-state index contributed by atoms with van der Waals surface area (Å²) in [4.78, 5) is 0. The first-order valence-corrected chi connectivity index (χ1v) is 5.88. The molecule has 0 unspecified atom stereocenters. The normalized spacial score (nSPS) is 12.2. The number of alkyl halides is 3. The molecule has 0 saturated carbocycles. The van der Waals surface area contributed by atoms with Crippen LogP contribution in [0, 0.1) is 0 Å². The lowest BCUT2D eigenvalue weighted by Crippen LogP contribution is -2.04. The van der Waals surface area contributed by atoms with Gasteiger partial charge in [-0.15, -0.1) is 0 Å². The standard InChI is InChI=1S/C14H17F3/c1-2-3-4-5-6-8-12-9-7-10-13(11-12)14(15,16)17/h6-11H,2-5H2,1H3/b8-6-. The molecule has 1 rings (SSSR count). The molecule has 1 aromatic carbocycles. The van der Waals surface area contributed by atoms with Crippen LogP contribution in [0.3, 0.4) is 0 Å². The molecule has 0 atom stereocenters. The van der Waals surface area contributed by atoms with Gasteiger partial charge < -0.3 is 0 Å². The topological polar surface area (TPSA) is 0 Å². The van der Waals surface area contributed by atoms with E-state index >= 15 is 0 Å². The first-order valence-electron chi connectivity index (χ1n) is 5.88. The molecule has 17 heavy (non-hydrogen) atoms. The highest BCUT2D eigenvalue weighted by atomic mass is 19.4. The van der Waals surface area contributed by atoms with Gasteiger partial charge in [0.15, 0.2) is 0 Å². The lowest BCUT2D eigenvalue weighted by molar-refractivity contribution is -0.137. The molecule has 0 aliphatic carbocycles. The summed E-state index contributed by atoms with van der Waals surface area (Å²) in [5.74, 6) is 0. The summed E-state index contributed by atoms with van der Waals surface area (Å²) in [6.07, 6.45) is 3.75. The second kappa shape index (κ2) is 6.48. The Morgan fingerprint density at radius 3 is 2.59 bits per heavy atom. The molecule has 0 saturated heterocycles. The molecule has 0 radical (unpaired) electrons. The van der Waals surface area contributed by atoms with E-state index < -0.39 is 11.7 Å². The predicted octanol–water partition coefficient (Wildman–Crippen LogP) is 5.30. The van der Waals surface area contributed by atoms with Crippen molar-refractivity contribution in [3.8, 4) is 0 Å². The van der Waals surface area contributed by atoms with E-state index in [1.54, 1.807) is 12.1 Å². The lowest BCUT2D eigenvalue weighted by Gasteiger charge is -2.06. The van der Waals surface area contributed by atoms with Gasteiger partial charge in [-0.05, 0) is 30.5 Å². The number of hydrogen-bond donors (Lipinski definition) is 0. The van der Waals surface area contributed by atoms with E-state index in [1.165, 1.54) is 12.1 Å². The van der Waals surface area contributed by atoms with Gasteiger partial charge in [0.1, 0.15) is 0 Å². The van der Waals surface area contributed by atoms with E-state index in [0.29, 0.717) is 5.56 Å². The van der Waals surface area contributed by atoms with Crippen molar-refractivity contribution >= 4 is 6.08 Å². The van der Waals surface area contributed by atoms with E-state index in [0.717, 1.165) is 31.7 Å². The Hall–Kier alpha value is -1.25. The molecule has 0 heterocycles. The zero-order valence-corrected chi connectivity index (χ0v) is 9.93. The Labute approximate surface area is 100 Å². The fourth-order valence-corrected chi connectivity index (χ4v) is 1.55. The number of allylic oxidation sites excluding steroid dienone is 1. The van der Waals surface area contributed by atoms with Crippen LogP contribution in [0.4, 0.5) is 13.2 Å². The molecule has 0 bridgehead atoms. The fraction of sp³-hybridized carbons (Fsp3) is 0.429. The SMILES string of the molecule is CCCCC/C=C\c1cccc(C(F)(F)F)c1. The maximum absolute atomic E-state index is 12.4. The van der Waals surface area contributed by atoms with Crippen LogP contribution in [-0.2, 0) is 6.18 Å². The van der Waals surface area contributed by atoms with Crippen LogP contribution < -0.4 is 0 Å². The van der Waals surface area contributed by atoms with Gasteiger partial charge in [-0.25, -0.2) is 0 Å². The molecule has 0 nitrogen and oxygen atoms in total. The Bertz CT molecular complexity index is 364. The number of benzene rings is 1. The third-order valence-electron chi connectivity index (χ3n) is 2.50. The van der Waals surface area contributed by atoms with Crippen LogP contribution in [0.25, 0.3) is 6.08 Å². The maximum atomic E-state index is 12.4. The van der Waals surface area contributed by atoms with Crippen molar-refractivity contribution in [2.75, 3.05) is 0 Å². The predicted molar refractivity (Wildman–Crippen MR) is 64.6 cm³/mol. The largest absolute Gasteiger partial charge is 0.416 e. The van der Waals surface area contributed by atoms with Crippen molar-refractivity contribution in [2.45, 2.75) is 38.8 Å². The van der Waals surface area contributed by atoms with Gasteiger partial charge in [0.2, 0.25) is 0 Å². The Morgan fingerprint density at radius 2 is 1.94 bits per heavy atom. The summed E-state index contributed by atoms with van der Waals surface area (Å²) in [6, 6.07) is 5.39. The minimum Gasteiger partial charge on any atom is -0.166 e. The summed E-state index contributed by atoms with van der Waals surface area (Å²) in [7, 11) is 0. The molecular weight excluding hydrogens is 225 g/mol. The van der Waals surface area contributed by atoms with Crippen LogP contribution in [0.5, 0.6) is 0 Å². The van der Waals surface area contributed by atoms with Crippen LogP contribution in [0.15, 0.2) is 30.3 Å². The minimum atomic E-state index is -4.26. The van der Waals surface area contributed by atoms with Gasteiger partial charge in [0.25, 0.3) is 0 Å². The number of rotatable bonds is 5. The molecule has 94 valence electrons. The monoisotopic (exact) mass is 242 g/mol. The quantitative estimate of drug-likeness (QED) is 0.615. The lowest BCUT2D eigenvalue weighted by atomic mass is 10.1. The molecule has 3 heteroatoms. The zero-order valence-electron chi connectivity index (χ0n) is 9.93. The van der Waals surface area contributed by atoms with Crippen LogP contribution >= 0.6 is 0 Å². The van der Waals surface area contributed by atoms with Gasteiger partial charge in [0.05, 0.1) is 5.56 Å². The van der Waals surface area contributed by atoms with Crippen molar-refractivity contribution in [3.05, 3.63) is 41.5 Å². The second-order valence-electron chi connectivity index (χ2n) is 4.02. The van der Waals surface area contributed by atoms with Crippen LogP contribution in [0.2, 0.25) is 0 Å². The molecular formula is C14H17F3. The van der Waals surface area contributed by atoms with Gasteiger partial charge in [0, 0.05) is 0 Å². The van der Waals surface area contributed by atoms with E-state index in [-0.39, 0.29) is 0 Å². The van der Waals surface area contributed by atoms with Crippen LogP contribution in [-0.4, -0.2) is 0 Å². The van der Waals surface area contributed by atoms with Gasteiger partial charge in [-0.3, -0.25) is 0 Å². The summed E-state index contributed by atoms with van der Waals surface area (Å²) >= 11 is 0. The smallest absolute Gasteiger partial charge is 0.166 e. The third-order valence-corrected chi connectivity index (χ3v) is 2.50. The number of unbranched alkanes of at least 4 members (excludes halogenated alkanes) is 3. The van der Waals surface area contributed by atoms with Gasteiger partial charge in [-0.2, -0.15) is 13.2 Å². The molecule has 0 aromatic heterocycles. The van der Waals surface area contributed by atoms with Crippen molar-refractivity contribution < 1.29 is 13.2 Å². The van der Waals surface area contributed by atoms with Gasteiger partial charge >= 0.3 is 6.18 Å². The molecule has 0 aliphatic rings. The summed E-state index contributed by atoms with van der Waals surface area (Å²) < 4.78 is 37.3.